The maximum absolute atomic E-state index is 11.8. The van der Waals surface area contributed by atoms with Gasteiger partial charge >= 0.3 is 0 Å². The molecular weight excluding hydrogens is 240 g/mol. The van der Waals surface area contributed by atoms with Gasteiger partial charge in [-0.25, -0.2) is 12.7 Å². The van der Waals surface area contributed by atoms with Gasteiger partial charge in [0, 0.05) is 26.8 Å². The van der Waals surface area contributed by atoms with Gasteiger partial charge in [0.1, 0.15) is 4.90 Å². The lowest BCUT2D eigenvalue weighted by molar-refractivity contribution is 0.519. The first-order chi connectivity index (χ1) is 7.98. The molecule has 1 rings (SSSR count). The first-order valence-electron chi connectivity index (χ1n) is 5.64. The van der Waals surface area contributed by atoms with Crippen LogP contribution >= 0.6 is 0 Å². The molecule has 0 aliphatic carbocycles. The number of nitrogens with zero attached hydrogens (tertiary/aromatic N) is 3. The molecule has 0 radical (unpaired) electrons. The first-order valence-corrected chi connectivity index (χ1v) is 7.08. The van der Waals surface area contributed by atoms with E-state index in [2.05, 4.69) is 17.3 Å². The third kappa shape index (κ3) is 3.79. The molecular formula is C10H20N4O2S. The van der Waals surface area contributed by atoms with Crippen molar-refractivity contribution in [2.24, 2.45) is 0 Å². The molecule has 0 bridgehead atoms. The number of hydrogen-bond acceptors (Lipinski definition) is 4. The summed E-state index contributed by atoms with van der Waals surface area (Å²) in [6.07, 6.45) is 4.03. The fourth-order valence-corrected chi connectivity index (χ4v) is 2.16. The van der Waals surface area contributed by atoms with E-state index < -0.39 is 10.0 Å². The summed E-state index contributed by atoms with van der Waals surface area (Å²) in [6.45, 7) is 4.52. The van der Waals surface area contributed by atoms with Crippen LogP contribution in [0.3, 0.4) is 0 Å². The summed E-state index contributed by atoms with van der Waals surface area (Å²) in [5.41, 5.74) is 0. The van der Waals surface area contributed by atoms with Gasteiger partial charge in [-0.2, -0.15) is 5.10 Å². The van der Waals surface area contributed by atoms with Crippen molar-refractivity contribution >= 4 is 10.0 Å². The average Bonchev–Trinajstić information content (AvgIpc) is 2.73. The maximum atomic E-state index is 11.8. The van der Waals surface area contributed by atoms with Crippen LogP contribution in [0.1, 0.15) is 13.3 Å². The van der Waals surface area contributed by atoms with E-state index in [4.69, 9.17) is 0 Å². The molecule has 7 heteroatoms. The minimum Gasteiger partial charge on any atom is -0.315 e. The van der Waals surface area contributed by atoms with Gasteiger partial charge in [-0.15, -0.1) is 0 Å². The van der Waals surface area contributed by atoms with Crippen molar-refractivity contribution in [2.45, 2.75) is 24.8 Å². The lowest BCUT2D eigenvalue weighted by Gasteiger charge is -2.08. The van der Waals surface area contributed by atoms with Gasteiger partial charge in [-0.05, 0) is 13.0 Å². The Balaban J connectivity index is 2.60. The van der Waals surface area contributed by atoms with Crippen molar-refractivity contribution in [3.05, 3.63) is 12.4 Å². The van der Waals surface area contributed by atoms with Crippen molar-refractivity contribution in [3.63, 3.8) is 0 Å². The normalized spacial score (nSPS) is 12.2. The van der Waals surface area contributed by atoms with Gasteiger partial charge in [0.2, 0.25) is 10.0 Å². The van der Waals surface area contributed by atoms with Crippen LogP contribution in [0, 0.1) is 0 Å². The molecule has 6 nitrogen and oxygen atoms in total. The molecule has 0 atom stereocenters. The van der Waals surface area contributed by atoms with Crippen LogP contribution in [0.4, 0.5) is 0 Å². The number of sulfonamides is 1. The van der Waals surface area contributed by atoms with E-state index >= 15 is 0 Å². The van der Waals surface area contributed by atoms with E-state index in [0.717, 1.165) is 19.5 Å². The molecule has 0 saturated heterocycles. The molecule has 98 valence electrons. The van der Waals surface area contributed by atoms with Crippen molar-refractivity contribution in [1.29, 1.82) is 0 Å². The number of hydrogen-bond donors (Lipinski definition) is 1. The molecule has 17 heavy (non-hydrogen) atoms. The SMILES string of the molecule is CCCNCCn1cc(S(=O)(=O)N(C)C)cn1. The Hall–Kier alpha value is -0.920. The zero-order chi connectivity index (χ0) is 12.9. The molecule has 1 aromatic rings. The van der Waals surface area contributed by atoms with Crippen LogP contribution in [-0.2, 0) is 16.6 Å². The smallest absolute Gasteiger partial charge is 0.245 e. The second-order valence-corrected chi connectivity index (χ2v) is 6.13. The number of aromatic nitrogens is 2. The zero-order valence-electron chi connectivity index (χ0n) is 10.5. The van der Waals surface area contributed by atoms with Gasteiger partial charge in [0.05, 0.1) is 12.7 Å². The van der Waals surface area contributed by atoms with E-state index in [0.29, 0.717) is 6.54 Å². The van der Waals surface area contributed by atoms with Gasteiger partial charge < -0.3 is 5.32 Å². The largest absolute Gasteiger partial charge is 0.315 e. The Kier molecular flexibility index (Phi) is 5.10. The fraction of sp³-hybridized carbons (Fsp3) is 0.700. The number of rotatable bonds is 7. The lowest BCUT2D eigenvalue weighted by atomic mass is 10.5. The predicted octanol–water partition coefficient (Wildman–Crippen LogP) is 0.133. The lowest BCUT2D eigenvalue weighted by Crippen LogP contribution is -2.22. The van der Waals surface area contributed by atoms with Crippen LogP contribution in [0.25, 0.3) is 0 Å². The Morgan fingerprint density at radius 2 is 2.12 bits per heavy atom. The van der Waals surface area contributed by atoms with Crippen LogP contribution < -0.4 is 5.32 Å². The Bertz CT molecular complexity index is 439. The molecule has 1 N–H and O–H groups in total. The van der Waals surface area contributed by atoms with Crippen LogP contribution in [-0.4, -0.2) is 49.7 Å². The minimum absolute atomic E-state index is 0.234. The number of nitrogens with one attached hydrogen (secondary N) is 1. The van der Waals surface area contributed by atoms with Crippen molar-refractivity contribution in [1.82, 2.24) is 19.4 Å². The second kappa shape index (κ2) is 6.13. The molecule has 0 aliphatic heterocycles. The molecule has 0 saturated carbocycles. The summed E-state index contributed by atoms with van der Waals surface area (Å²) in [5, 5.41) is 7.27. The maximum Gasteiger partial charge on any atom is 0.245 e. The van der Waals surface area contributed by atoms with Crippen LogP contribution in [0.15, 0.2) is 17.3 Å². The molecule has 0 aromatic carbocycles. The van der Waals surface area contributed by atoms with Crippen molar-refractivity contribution in [2.75, 3.05) is 27.2 Å². The highest BCUT2D eigenvalue weighted by molar-refractivity contribution is 7.89. The summed E-state index contributed by atoms with van der Waals surface area (Å²) in [4.78, 5) is 0.234. The highest BCUT2D eigenvalue weighted by atomic mass is 32.2. The molecule has 0 aliphatic rings. The van der Waals surface area contributed by atoms with E-state index in [-0.39, 0.29) is 4.90 Å². The Morgan fingerprint density at radius 1 is 1.41 bits per heavy atom. The molecule has 1 heterocycles. The van der Waals surface area contributed by atoms with Gasteiger partial charge in [0.15, 0.2) is 0 Å². The van der Waals surface area contributed by atoms with Gasteiger partial charge in [-0.1, -0.05) is 6.92 Å². The minimum atomic E-state index is -3.36. The highest BCUT2D eigenvalue weighted by Gasteiger charge is 2.18. The average molecular weight is 260 g/mol. The summed E-state index contributed by atoms with van der Waals surface area (Å²) in [7, 11) is -0.343. The summed E-state index contributed by atoms with van der Waals surface area (Å²) >= 11 is 0. The monoisotopic (exact) mass is 260 g/mol. The van der Waals surface area contributed by atoms with E-state index in [1.54, 1.807) is 10.9 Å². The molecule has 1 aromatic heterocycles. The molecule has 0 amide bonds. The third-order valence-electron chi connectivity index (χ3n) is 2.33. The Morgan fingerprint density at radius 3 is 2.71 bits per heavy atom. The fourth-order valence-electron chi connectivity index (χ4n) is 1.31. The van der Waals surface area contributed by atoms with Crippen LogP contribution in [0.2, 0.25) is 0 Å². The van der Waals surface area contributed by atoms with Gasteiger partial charge in [-0.3, -0.25) is 4.68 Å². The molecule has 0 unspecified atom stereocenters. The zero-order valence-corrected chi connectivity index (χ0v) is 11.4. The molecule has 0 spiro atoms. The first kappa shape index (κ1) is 14.1. The summed E-state index contributed by atoms with van der Waals surface area (Å²) in [5.74, 6) is 0. The van der Waals surface area contributed by atoms with E-state index in [1.807, 2.05) is 0 Å². The van der Waals surface area contributed by atoms with Crippen molar-refractivity contribution in [3.8, 4) is 0 Å². The standard InChI is InChI=1S/C10H20N4O2S/c1-4-5-11-6-7-14-9-10(8-12-14)17(15,16)13(2)3/h8-9,11H,4-7H2,1-3H3. The van der Waals surface area contributed by atoms with Gasteiger partial charge in [0.25, 0.3) is 0 Å². The Labute approximate surface area is 103 Å². The predicted molar refractivity (Wildman–Crippen MR) is 66.3 cm³/mol. The van der Waals surface area contributed by atoms with Crippen LogP contribution in [0.5, 0.6) is 0 Å². The third-order valence-corrected chi connectivity index (χ3v) is 4.10. The molecule has 0 fully saturated rings. The van der Waals surface area contributed by atoms with E-state index in [1.165, 1.54) is 24.6 Å². The van der Waals surface area contributed by atoms with Crippen molar-refractivity contribution < 1.29 is 8.42 Å². The summed E-state index contributed by atoms with van der Waals surface area (Å²) in [6, 6.07) is 0. The quantitative estimate of drug-likeness (QED) is 0.708. The van der Waals surface area contributed by atoms with E-state index in [9.17, 15) is 8.42 Å². The summed E-state index contributed by atoms with van der Waals surface area (Å²) < 4.78 is 26.4. The topological polar surface area (TPSA) is 67.2 Å². The highest BCUT2D eigenvalue weighted by Crippen LogP contribution is 2.10. The second-order valence-electron chi connectivity index (χ2n) is 3.98.